The van der Waals surface area contributed by atoms with Crippen LogP contribution in [0.25, 0.3) is 11.3 Å². The second kappa shape index (κ2) is 3.31. The van der Waals surface area contributed by atoms with Crippen LogP contribution in [0.5, 0.6) is 0 Å². The molecule has 1 heterocycles. The maximum absolute atomic E-state index is 11.2. The molecule has 0 saturated carbocycles. The molecule has 2 aliphatic rings. The second-order valence-electron chi connectivity index (χ2n) is 4.13. The van der Waals surface area contributed by atoms with Crippen molar-refractivity contribution in [3.05, 3.63) is 46.7 Å². The Hall–Kier alpha value is -2.36. The molecule has 1 aromatic carbocycles. The topological polar surface area (TPSA) is 81.5 Å². The smallest absolute Gasteiger partial charge is 0.248 e. The quantitative estimate of drug-likeness (QED) is 0.754. The average Bonchev–Trinajstić information content (AvgIpc) is 2.36. The molecule has 17 heavy (non-hydrogen) atoms. The summed E-state index contributed by atoms with van der Waals surface area (Å²) in [6.45, 7) is 0. The van der Waals surface area contributed by atoms with Crippen molar-refractivity contribution in [2.75, 3.05) is 0 Å². The van der Waals surface area contributed by atoms with Crippen molar-refractivity contribution in [1.29, 1.82) is 0 Å². The molecule has 3 rings (SSSR count). The molecule has 0 atom stereocenters. The molecule has 0 fully saturated rings. The van der Waals surface area contributed by atoms with Crippen LogP contribution in [0.1, 0.15) is 27.9 Å². The van der Waals surface area contributed by atoms with Gasteiger partial charge < -0.3 is 11.5 Å². The maximum Gasteiger partial charge on any atom is 0.248 e. The summed E-state index contributed by atoms with van der Waals surface area (Å²) >= 11 is 0. The van der Waals surface area contributed by atoms with Gasteiger partial charge >= 0.3 is 0 Å². The lowest BCUT2D eigenvalue weighted by atomic mass is 9.86. The zero-order chi connectivity index (χ0) is 12.0. The lowest BCUT2D eigenvalue weighted by molar-refractivity contribution is 0.100. The number of carbonyl (C=O) groups is 1. The van der Waals surface area contributed by atoms with Gasteiger partial charge in [0.05, 0.1) is 11.4 Å². The molecule has 0 radical (unpaired) electrons. The molecule has 1 amide bonds. The Morgan fingerprint density at radius 3 is 2.88 bits per heavy atom. The Labute approximate surface area is 98.3 Å². The first-order valence-electron chi connectivity index (χ1n) is 5.33. The molecule has 1 aromatic rings. The highest BCUT2D eigenvalue weighted by Gasteiger charge is 2.22. The summed E-state index contributed by atoms with van der Waals surface area (Å²) in [7, 11) is 0. The number of benzene rings is 1. The van der Waals surface area contributed by atoms with Crippen molar-refractivity contribution < 1.29 is 4.79 Å². The largest absolute Gasteiger partial charge is 0.397 e. The molecule has 4 nitrogen and oxygen atoms in total. The third kappa shape index (κ3) is 1.38. The summed E-state index contributed by atoms with van der Waals surface area (Å²) in [6, 6.07) is 5.32. The predicted molar refractivity (Wildman–Crippen MR) is 67.2 cm³/mol. The highest BCUT2D eigenvalue weighted by Crippen LogP contribution is 2.38. The molecule has 0 unspecified atom stereocenters. The molecule has 0 spiro atoms. The summed E-state index contributed by atoms with van der Waals surface area (Å²) in [5.74, 6) is -0.425. The number of nitrogens with two attached hydrogens (primary N) is 2. The minimum Gasteiger partial charge on any atom is -0.397 e. The van der Waals surface area contributed by atoms with Gasteiger partial charge in [-0.25, -0.2) is 0 Å². The van der Waals surface area contributed by atoms with E-state index in [9.17, 15) is 4.79 Å². The molecule has 1 aliphatic carbocycles. The van der Waals surface area contributed by atoms with Gasteiger partial charge in [-0.1, -0.05) is 6.07 Å². The van der Waals surface area contributed by atoms with Gasteiger partial charge in [-0.2, -0.15) is 0 Å². The van der Waals surface area contributed by atoms with Gasteiger partial charge in [0.2, 0.25) is 5.91 Å². The molecule has 0 aromatic heterocycles. The van der Waals surface area contributed by atoms with E-state index in [0.717, 1.165) is 28.8 Å². The molecule has 1 aliphatic heterocycles. The van der Waals surface area contributed by atoms with Crippen LogP contribution in [0.4, 0.5) is 0 Å². The van der Waals surface area contributed by atoms with Gasteiger partial charge in [-0.3, -0.25) is 9.79 Å². The van der Waals surface area contributed by atoms with Crippen molar-refractivity contribution in [2.45, 2.75) is 6.42 Å². The number of hydrogen-bond donors (Lipinski definition) is 2. The van der Waals surface area contributed by atoms with Gasteiger partial charge in [-0.15, -0.1) is 0 Å². The van der Waals surface area contributed by atoms with Crippen LogP contribution in [-0.4, -0.2) is 12.1 Å². The number of fused-ring (bicyclic) bond motifs is 4. The van der Waals surface area contributed by atoms with Crippen molar-refractivity contribution >= 4 is 23.4 Å². The van der Waals surface area contributed by atoms with Crippen LogP contribution in [0.3, 0.4) is 0 Å². The van der Waals surface area contributed by atoms with E-state index in [0.29, 0.717) is 11.3 Å². The lowest BCUT2D eigenvalue weighted by Gasteiger charge is -2.23. The Morgan fingerprint density at radius 1 is 1.29 bits per heavy atom. The minimum atomic E-state index is -0.425. The fraction of sp³-hybridized carbons (Fsp3) is 0.0769. The molecular weight excluding hydrogens is 214 g/mol. The normalized spacial score (nSPS) is 16.6. The zero-order valence-corrected chi connectivity index (χ0v) is 9.10. The first-order valence-corrected chi connectivity index (χ1v) is 5.33. The van der Waals surface area contributed by atoms with Crippen molar-refractivity contribution in [1.82, 2.24) is 0 Å². The van der Waals surface area contributed by atoms with E-state index in [1.807, 2.05) is 12.1 Å². The van der Waals surface area contributed by atoms with E-state index in [4.69, 9.17) is 11.5 Å². The number of aliphatic imine (C=N–C) groups is 1. The average molecular weight is 225 g/mol. The summed E-state index contributed by atoms with van der Waals surface area (Å²) in [6.07, 6.45) is 4.40. The van der Waals surface area contributed by atoms with E-state index in [2.05, 4.69) is 4.99 Å². The predicted octanol–water partition coefficient (Wildman–Crippen LogP) is 1.28. The Balaban J connectivity index is 2.27. The number of dihydropyridines is 1. The van der Waals surface area contributed by atoms with Crippen LogP contribution >= 0.6 is 0 Å². The fourth-order valence-corrected chi connectivity index (χ4v) is 2.21. The highest BCUT2D eigenvalue weighted by atomic mass is 16.1. The molecular formula is C13H11N3O. The van der Waals surface area contributed by atoms with E-state index < -0.39 is 5.91 Å². The number of amides is 1. The Morgan fingerprint density at radius 2 is 2.12 bits per heavy atom. The first kappa shape index (κ1) is 9.84. The van der Waals surface area contributed by atoms with Crippen molar-refractivity contribution in [2.24, 2.45) is 16.5 Å². The number of allylic oxidation sites excluding steroid dienone is 2. The summed E-state index contributed by atoms with van der Waals surface area (Å²) in [5, 5.41) is 0. The van der Waals surface area contributed by atoms with Gasteiger partial charge in [0.15, 0.2) is 0 Å². The highest BCUT2D eigenvalue weighted by molar-refractivity contribution is 5.99. The Bertz CT molecular complexity index is 624. The van der Waals surface area contributed by atoms with Crippen LogP contribution in [-0.2, 0) is 0 Å². The lowest BCUT2D eigenvalue weighted by Crippen LogP contribution is -2.15. The molecule has 2 bridgehead atoms. The number of rotatable bonds is 1. The summed E-state index contributed by atoms with van der Waals surface area (Å²) in [4.78, 5) is 15.4. The zero-order valence-electron chi connectivity index (χ0n) is 9.10. The van der Waals surface area contributed by atoms with Gasteiger partial charge in [0, 0.05) is 23.8 Å². The van der Waals surface area contributed by atoms with E-state index in [1.54, 1.807) is 18.3 Å². The molecule has 4 N–H and O–H groups in total. The van der Waals surface area contributed by atoms with Gasteiger partial charge in [0.25, 0.3) is 0 Å². The van der Waals surface area contributed by atoms with Crippen LogP contribution in [0.2, 0.25) is 0 Å². The molecule has 4 heteroatoms. The number of primary amides is 1. The standard InChI is InChI=1S/C13H11N3O/c14-12-9-2-1-8(13(15)17)5-10(9)7-3-4-16-11(12)6-7/h1-5H,6,14H2,(H2,15,17). The van der Waals surface area contributed by atoms with E-state index in [1.165, 1.54) is 0 Å². The van der Waals surface area contributed by atoms with Crippen LogP contribution < -0.4 is 11.5 Å². The van der Waals surface area contributed by atoms with E-state index >= 15 is 0 Å². The third-order valence-corrected chi connectivity index (χ3v) is 3.12. The number of nitrogens with zero attached hydrogens (tertiary/aromatic N) is 1. The first-order chi connectivity index (χ1) is 8.16. The summed E-state index contributed by atoms with van der Waals surface area (Å²) in [5.41, 5.74) is 16.4. The second-order valence-corrected chi connectivity index (χ2v) is 4.13. The SMILES string of the molecule is NC(=O)c1ccc2c(c1)C1=CC=NC(=C2N)C1. The van der Waals surface area contributed by atoms with Crippen molar-refractivity contribution in [3.8, 4) is 0 Å². The monoisotopic (exact) mass is 225 g/mol. The summed E-state index contributed by atoms with van der Waals surface area (Å²) < 4.78 is 0. The Kier molecular flexibility index (Phi) is 1.92. The van der Waals surface area contributed by atoms with E-state index in [-0.39, 0.29) is 0 Å². The number of carbonyl (C=O) groups excluding carboxylic acids is 1. The fourth-order valence-electron chi connectivity index (χ4n) is 2.21. The maximum atomic E-state index is 11.2. The van der Waals surface area contributed by atoms with Crippen molar-refractivity contribution in [3.63, 3.8) is 0 Å². The molecule has 84 valence electrons. The number of hydrogen-bond acceptors (Lipinski definition) is 3. The minimum absolute atomic E-state index is 0.425. The molecule has 0 saturated heterocycles. The van der Waals surface area contributed by atoms with Gasteiger partial charge in [0.1, 0.15) is 0 Å². The van der Waals surface area contributed by atoms with Gasteiger partial charge in [-0.05, 0) is 29.3 Å². The third-order valence-electron chi connectivity index (χ3n) is 3.12. The van der Waals surface area contributed by atoms with Crippen LogP contribution in [0.15, 0.2) is 35.0 Å². The van der Waals surface area contributed by atoms with Crippen LogP contribution in [0, 0.1) is 0 Å².